The molecule has 0 aliphatic carbocycles. The van der Waals surface area contributed by atoms with Crippen LogP contribution in [0.3, 0.4) is 0 Å². The molecular weight excluding hydrogens is 424 g/mol. The van der Waals surface area contributed by atoms with Crippen LogP contribution in [0, 0.1) is 6.92 Å². The summed E-state index contributed by atoms with van der Waals surface area (Å²) in [6.45, 7) is 1.94. The molecule has 8 nitrogen and oxygen atoms in total. The largest absolute Gasteiger partial charge is 0.497 e. The summed E-state index contributed by atoms with van der Waals surface area (Å²) in [5, 5.41) is 17.4. The molecule has 3 heterocycles. The number of anilines is 2. The predicted molar refractivity (Wildman–Crippen MR) is 125 cm³/mol. The van der Waals surface area contributed by atoms with E-state index >= 15 is 0 Å². The smallest absolute Gasteiger partial charge is 0.213 e. The zero-order chi connectivity index (χ0) is 22.1. The Balaban J connectivity index is 1.41. The van der Waals surface area contributed by atoms with Crippen molar-refractivity contribution < 1.29 is 9.47 Å². The Morgan fingerprint density at radius 2 is 1.66 bits per heavy atom. The van der Waals surface area contributed by atoms with Crippen molar-refractivity contribution in [1.29, 1.82) is 0 Å². The minimum atomic E-state index is 0.617. The summed E-state index contributed by atoms with van der Waals surface area (Å²) in [5.74, 6) is 2.98. The fourth-order valence-electron chi connectivity index (χ4n) is 3.29. The van der Waals surface area contributed by atoms with E-state index in [0.29, 0.717) is 5.82 Å². The van der Waals surface area contributed by atoms with E-state index < -0.39 is 0 Å². The van der Waals surface area contributed by atoms with E-state index in [1.807, 2.05) is 67.6 Å². The number of thiazole rings is 1. The zero-order valence-corrected chi connectivity index (χ0v) is 18.6. The molecule has 5 rings (SSSR count). The van der Waals surface area contributed by atoms with Gasteiger partial charge in [0, 0.05) is 11.6 Å². The molecule has 0 aliphatic heterocycles. The maximum Gasteiger partial charge on any atom is 0.213 e. The summed E-state index contributed by atoms with van der Waals surface area (Å²) < 4.78 is 13.3. The van der Waals surface area contributed by atoms with Gasteiger partial charge in [0.15, 0.2) is 5.82 Å². The molecule has 0 atom stereocenters. The molecule has 2 aromatic carbocycles. The second-order valence-electron chi connectivity index (χ2n) is 7.07. The molecule has 32 heavy (non-hydrogen) atoms. The Bertz CT molecular complexity index is 1380. The van der Waals surface area contributed by atoms with Crippen molar-refractivity contribution in [3.05, 3.63) is 66.4 Å². The van der Waals surface area contributed by atoms with Gasteiger partial charge in [-0.3, -0.25) is 0 Å². The monoisotopic (exact) mass is 444 g/mol. The molecule has 0 saturated carbocycles. The third-order valence-corrected chi connectivity index (χ3v) is 5.90. The van der Waals surface area contributed by atoms with E-state index in [1.54, 1.807) is 30.2 Å². The Labute approximate surface area is 188 Å². The summed E-state index contributed by atoms with van der Waals surface area (Å²) in [4.78, 5) is 4.72. The molecule has 1 N–H and O–H groups in total. The van der Waals surface area contributed by atoms with Crippen LogP contribution in [-0.4, -0.2) is 39.2 Å². The lowest BCUT2D eigenvalue weighted by atomic mass is 10.1. The summed E-state index contributed by atoms with van der Waals surface area (Å²) in [7, 11) is 3.30. The standard InChI is InChI=1S/C23H20N6O2S/c1-14-12-22(29(28-14)23-24-19-9-8-17(31-3)13-20(19)32-23)25-21-11-10-18(26-27-21)15-4-6-16(30-2)7-5-15/h4-13H,1-3H3,(H,25,27). The highest BCUT2D eigenvalue weighted by atomic mass is 32.1. The number of benzene rings is 2. The summed E-state index contributed by atoms with van der Waals surface area (Å²) in [5.41, 5.74) is 3.51. The minimum Gasteiger partial charge on any atom is -0.497 e. The van der Waals surface area contributed by atoms with Gasteiger partial charge in [0.2, 0.25) is 5.13 Å². The number of rotatable bonds is 6. The summed E-state index contributed by atoms with van der Waals surface area (Å²) >= 11 is 1.54. The second kappa shape index (κ2) is 8.27. The SMILES string of the molecule is COc1ccc(-c2ccc(Nc3cc(C)nn3-c3nc4ccc(OC)cc4s3)nn2)cc1. The van der Waals surface area contributed by atoms with Gasteiger partial charge >= 0.3 is 0 Å². The molecule has 5 aromatic rings. The van der Waals surface area contributed by atoms with Gasteiger partial charge in [-0.1, -0.05) is 11.3 Å². The molecule has 3 aromatic heterocycles. The number of fused-ring (bicyclic) bond motifs is 1. The minimum absolute atomic E-state index is 0.617. The van der Waals surface area contributed by atoms with Crippen LogP contribution >= 0.6 is 11.3 Å². The van der Waals surface area contributed by atoms with Crippen LogP contribution in [0.1, 0.15) is 5.69 Å². The van der Waals surface area contributed by atoms with Gasteiger partial charge in [-0.2, -0.15) is 9.78 Å². The van der Waals surface area contributed by atoms with E-state index in [9.17, 15) is 0 Å². The van der Waals surface area contributed by atoms with Crippen molar-refractivity contribution in [2.24, 2.45) is 0 Å². The van der Waals surface area contributed by atoms with Gasteiger partial charge < -0.3 is 14.8 Å². The predicted octanol–water partition coefficient (Wildman–Crippen LogP) is 5.01. The van der Waals surface area contributed by atoms with Crippen molar-refractivity contribution in [3.63, 3.8) is 0 Å². The molecule has 0 unspecified atom stereocenters. The topological polar surface area (TPSA) is 87.0 Å². The lowest BCUT2D eigenvalue weighted by Crippen LogP contribution is -2.04. The number of hydrogen-bond acceptors (Lipinski definition) is 8. The zero-order valence-electron chi connectivity index (χ0n) is 17.7. The molecule has 0 fully saturated rings. The van der Waals surface area contributed by atoms with E-state index in [4.69, 9.17) is 14.5 Å². The highest BCUT2D eigenvalue weighted by molar-refractivity contribution is 7.20. The fourth-order valence-corrected chi connectivity index (χ4v) is 4.25. The van der Waals surface area contributed by atoms with Crippen LogP contribution in [0.4, 0.5) is 11.6 Å². The molecule has 0 amide bonds. The van der Waals surface area contributed by atoms with Gasteiger partial charge in [-0.05, 0) is 61.5 Å². The van der Waals surface area contributed by atoms with Gasteiger partial charge in [-0.15, -0.1) is 10.2 Å². The van der Waals surface area contributed by atoms with E-state index in [0.717, 1.165) is 49.6 Å². The van der Waals surface area contributed by atoms with Crippen LogP contribution in [0.2, 0.25) is 0 Å². The van der Waals surface area contributed by atoms with Crippen LogP contribution in [0.5, 0.6) is 11.5 Å². The molecule has 0 bridgehead atoms. The second-order valence-corrected chi connectivity index (χ2v) is 8.08. The molecular formula is C23H20N6O2S. The average molecular weight is 445 g/mol. The number of aryl methyl sites for hydroxylation is 1. The van der Waals surface area contributed by atoms with Crippen molar-refractivity contribution in [2.45, 2.75) is 6.92 Å². The number of ether oxygens (including phenoxy) is 2. The summed E-state index contributed by atoms with van der Waals surface area (Å²) in [6, 6.07) is 19.3. The maximum absolute atomic E-state index is 5.32. The van der Waals surface area contributed by atoms with E-state index in [1.165, 1.54) is 0 Å². The van der Waals surface area contributed by atoms with Crippen LogP contribution in [-0.2, 0) is 0 Å². The summed E-state index contributed by atoms with van der Waals surface area (Å²) in [6.07, 6.45) is 0. The maximum atomic E-state index is 5.32. The molecule has 9 heteroatoms. The Hall–Kier alpha value is -3.98. The van der Waals surface area contributed by atoms with Crippen molar-refractivity contribution in [1.82, 2.24) is 25.0 Å². The molecule has 0 radical (unpaired) electrons. The fraction of sp³-hybridized carbons (Fsp3) is 0.130. The van der Waals surface area contributed by atoms with Gasteiger partial charge in [-0.25, -0.2) is 4.98 Å². The lowest BCUT2D eigenvalue weighted by molar-refractivity contribution is 0.415. The first kappa shape index (κ1) is 20.0. The Morgan fingerprint density at radius 3 is 2.38 bits per heavy atom. The first-order valence-electron chi connectivity index (χ1n) is 9.90. The normalized spacial score (nSPS) is 11.0. The highest BCUT2D eigenvalue weighted by Crippen LogP contribution is 2.30. The van der Waals surface area contributed by atoms with Crippen LogP contribution in [0.15, 0.2) is 60.7 Å². The Kier molecular flexibility index (Phi) is 5.16. The number of nitrogens with zero attached hydrogens (tertiary/aromatic N) is 5. The van der Waals surface area contributed by atoms with E-state index in [-0.39, 0.29) is 0 Å². The lowest BCUT2D eigenvalue weighted by Gasteiger charge is -2.07. The van der Waals surface area contributed by atoms with Crippen LogP contribution in [0.25, 0.3) is 26.6 Å². The molecule has 160 valence electrons. The van der Waals surface area contributed by atoms with Crippen molar-refractivity contribution >= 4 is 33.2 Å². The number of nitrogens with one attached hydrogen (secondary N) is 1. The van der Waals surface area contributed by atoms with Gasteiger partial charge in [0.25, 0.3) is 0 Å². The van der Waals surface area contributed by atoms with Gasteiger partial charge in [0.1, 0.15) is 17.3 Å². The highest BCUT2D eigenvalue weighted by Gasteiger charge is 2.14. The van der Waals surface area contributed by atoms with Crippen molar-refractivity contribution in [3.8, 4) is 27.9 Å². The molecule has 0 aliphatic rings. The number of methoxy groups -OCH3 is 2. The molecule has 0 spiro atoms. The third kappa shape index (κ3) is 3.85. The van der Waals surface area contributed by atoms with E-state index in [2.05, 4.69) is 20.6 Å². The van der Waals surface area contributed by atoms with Crippen molar-refractivity contribution in [2.75, 3.05) is 19.5 Å². The Morgan fingerprint density at radius 1 is 0.875 bits per heavy atom. The molecule has 0 saturated heterocycles. The van der Waals surface area contributed by atoms with Crippen LogP contribution < -0.4 is 14.8 Å². The first-order valence-corrected chi connectivity index (χ1v) is 10.7. The number of aromatic nitrogens is 5. The first-order chi connectivity index (χ1) is 15.6. The average Bonchev–Trinajstić information content (AvgIpc) is 3.41. The number of hydrogen-bond donors (Lipinski definition) is 1. The third-order valence-electron chi connectivity index (χ3n) is 4.90. The quantitative estimate of drug-likeness (QED) is 0.394. The van der Waals surface area contributed by atoms with Gasteiger partial charge in [0.05, 0.1) is 35.8 Å².